The smallest absolute Gasteiger partial charge is 0.338 e. The van der Waals surface area contributed by atoms with Crippen molar-refractivity contribution in [2.75, 3.05) is 6.61 Å². The van der Waals surface area contributed by atoms with E-state index in [1.54, 1.807) is 55.5 Å². The number of nitrogens with zero attached hydrogens (tertiary/aromatic N) is 4. The molecule has 0 saturated heterocycles. The predicted octanol–water partition coefficient (Wildman–Crippen LogP) is 5.76. The van der Waals surface area contributed by atoms with Crippen LogP contribution in [0.5, 0.6) is 5.75 Å². The van der Waals surface area contributed by atoms with E-state index in [1.807, 2.05) is 12.1 Å². The van der Waals surface area contributed by atoms with Crippen molar-refractivity contribution in [3.8, 4) is 22.9 Å². The van der Waals surface area contributed by atoms with E-state index in [0.717, 1.165) is 5.56 Å². The van der Waals surface area contributed by atoms with Gasteiger partial charge in [-0.05, 0) is 48.9 Å². The zero-order valence-electron chi connectivity index (χ0n) is 24.6. The van der Waals surface area contributed by atoms with Crippen LogP contribution in [0.2, 0.25) is 5.02 Å². The van der Waals surface area contributed by atoms with Gasteiger partial charge in [-0.2, -0.15) is 5.26 Å². The number of carbonyl (C=O) groups is 1. The number of sulfonamides is 1. The van der Waals surface area contributed by atoms with Gasteiger partial charge in [0.25, 0.3) is 5.56 Å². The standard InChI is InChI=1S/C33H24ClN5O6S2/c1-19-38-26-8-10-28(47(43,44)37-17-20-5-3-2-4-6-20)24(16-35)29(26)32(40)39(19)13-14-45-27-9-7-21(34)15-23(27)22-11-12-36-30-25(33(41)42)18-46-31(22)30/h2-12,15,18,37H,13-14,17H2,1H3,(H,41,42). The fraction of sp³-hybridized carbons (Fsp3) is 0.121. The summed E-state index contributed by atoms with van der Waals surface area (Å²) in [5.74, 6) is -0.303. The third-order valence-electron chi connectivity index (χ3n) is 7.48. The molecule has 3 aromatic heterocycles. The molecule has 11 nitrogen and oxygen atoms in total. The number of fused-ring (bicyclic) bond motifs is 2. The highest BCUT2D eigenvalue weighted by Gasteiger charge is 2.24. The average Bonchev–Trinajstić information content (AvgIpc) is 3.51. The number of carboxylic acid groups (broad SMARTS) is 1. The Morgan fingerprint density at radius 1 is 1.13 bits per heavy atom. The Bertz CT molecular complexity index is 2400. The van der Waals surface area contributed by atoms with E-state index in [9.17, 15) is 28.4 Å². The minimum Gasteiger partial charge on any atom is -0.491 e. The molecule has 0 saturated carbocycles. The number of rotatable bonds is 10. The van der Waals surface area contributed by atoms with Gasteiger partial charge in [0.05, 0.1) is 38.8 Å². The van der Waals surface area contributed by atoms with E-state index >= 15 is 0 Å². The Kier molecular flexibility index (Phi) is 8.76. The molecule has 2 N–H and O–H groups in total. The normalized spacial score (nSPS) is 11.5. The zero-order chi connectivity index (χ0) is 33.3. The average molecular weight is 686 g/mol. The summed E-state index contributed by atoms with van der Waals surface area (Å²) >= 11 is 7.58. The molecule has 0 atom stereocenters. The fourth-order valence-electron chi connectivity index (χ4n) is 5.23. The van der Waals surface area contributed by atoms with Gasteiger partial charge in [-0.25, -0.2) is 22.9 Å². The molecule has 0 unspecified atom stereocenters. The topological polar surface area (TPSA) is 164 Å². The number of nitrogens with one attached hydrogen (secondary N) is 1. The first-order chi connectivity index (χ1) is 22.6. The van der Waals surface area contributed by atoms with Crippen molar-refractivity contribution in [3.05, 3.63) is 116 Å². The first kappa shape index (κ1) is 31.8. The number of aromatic carboxylic acids is 1. The van der Waals surface area contributed by atoms with Gasteiger partial charge in [0.2, 0.25) is 10.0 Å². The number of nitriles is 1. The highest BCUT2D eigenvalue weighted by molar-refractivity contribution is 7.89. The second-order valence-corrected chi connectivity index (χ2v) is 13.4. The van der Waals surface area contributed by atoms with Crippen molar-refractivity contribution in [2.24, 2.45) is 0 Å². The molecule has 6 aromatic rings. The maximum absolute atomic E-state index is 13.8. The van der Waals surface area contributed by atoms with Gasteiger partial charge in [-0.1, -0.05) is 41.9 Å². The molecule has 0 bridgehead atoms. The van der Waals surface area contributed by atoms with E-state index in [1.165, 1.54) is 39.6 Å². The molecular formula is C33H24ClN5O6S2. The maximum Gasteiger partial charge on any atom is 0.338 e. The van der Waals surface area contributed by atoms with Crippen LogP contribution >= 0.6 is 22.9 Å². The van der Waals surface area contributed by atoms with Gasteiger partial charge in [-0.3, -0.25) is 14.3 Å². The van der Waals surface area contributed by atoms with Crippen molar-refractivity contribution in [3.63, 3.8) is 0 Å². The summed E-state index contributed by atoms with van der Waals surface area (Å²) in [4.78, 5) is 33.9. The third-order valence-corrected chi connectivity index (χ3v) is 10.2. The lowest BCUT2D eigenvalue weighted by atomic mass is 10.0. The summed E-state index contributed by atoms with van der Waals surface area (Å²) in [6, 6.07) is 20.3. The number of hydrogen-bond donors (Lipinski definition) is 2. The van der Waals surface area contributed by atoms with E-state index in [4.69, 9.17) is 16.3 Å². The SMILES string of the molecule is Cc1nc2ccc(S(=O)(=O)NCc3ccccc3)c(C#N)c2c(=O)n1CCOc1ccc(Cl)cc1-c1ccnc2c(C(=O)O)csc12. The summed E-state index contributed by atoms with van der Waals surface area (Å²) in [5, 5.41) is 21.5. The Balaban J connectivity index is 1.31. The monoisotopic (exact) mass is 685 g/mol. The van der Waals surface area contributed by atoms with E-state index in [2.05, 4.69) is 14.7 Å². The van der Waals surface area contributed by atoms with Crippen LogP contribution in [0.25, 0.3) is 32.2 Å². The summed E-state index contributed by atoms with van der Waals surface area (Å²) < 4.78 is 37.1. The molecule has 0 spiro atoms. The van der Waals surface area contributed by atoms with Crippen molar-refractivity contribution >= 4 is 60.0 Å². The number of ether oxygens (including phenoxy) is 1. The Morgan fingerprint density at radius 2 is 1.91 bits per heavy atom. The van der Waals surface area contributed by atoms with E-state index in [-0.39, 0.29) is 46.6 Å². The Hall–Kier alpha value is -5.13. The Morgan fingerprint density at radius 3 is 2.66 bits per heavy atom. The minimum absolute atomic E-state index is 0.000115. The van der Waals surface area contributed by atoms with Crippen molar-refractivity contribution in [2.45, 2.75) is 24.9 Å². The first-order valence-corrected chi connectivity index (χ1v) is 16.8. The minimum atomic E-state index is -4.16. The van der Waals surface area contributed by atoms with Crippen LogP contribution in [0.1, 0.15) is 27.3 Å². The molecule has 6 rings (SSSR count). The van der Waals surface area contributed by atoms with Crippen molar-refractivity contribution in [1.82, 2.24) is 19.3 Å². The second-order valence-electron chi connectivity index (χ2n) is 10.4. The number of hydrogen-bond acceptors (Lipinski definition) is 9. The quantitative estimate of drug-likeness (QED) is 0.182. The molecular weight excluding hydrogens is 662 g/mol. The first-order valence-electron chi connectivity index (χ1n) is 14.1. The number of halogens is 1. The summed E-state index contributed by atoms with van der Waals surface area (Å²) in [6.45, 7) is 1.67. The molecule has 3 aromatic carbocycles. The largest absolute Gasteiger partial charge is 0.491 e. The molecule has 236 valence electrons. The van der Waals surface area contributed by atoms with Crippen LogP contribution in [0.3, 0.4) is 0 Å². The molecule has 47 heavy (non-hydrogen) atoms. The van der Waals surface area contributed by atoms with Crippen LogP contribution in [0.4, 0.5) is 0 Å². The van der Waals surface area contributed by atoms with Crippen LogP contribution in [0.15, 0.2) is 88.0 Å². The van der Waals surface area contributed by atoms with Gasteiger partial charge in [0, 0.05) is 34.3 Å². The highest BCUT2D eigenvalue weighted by atomic mass is 35.5. The van der Waals surface area contributed by atoms with Gasteiger partial charge < -0.3 is 9.84 Å². The van der Waals surface area contributed by atoms with Crippen LogP contribution < -0.4 is 15.0 Å². The van der Waals surface area contributed by atoms with Crippen LogP contribution in [-0.2, 0) is 23.1 Å². The molecule has 0 aliphatic carbocycles. The third kappa shape index (κ3) is 6.19. The predicted molar refractivity (Wildman–Crippen MR) is 178 cm³/mol. The fourth-order valence-corrected chi connectivity index (χ4v) is 7.61. The van der Waals surface area contributed by atoms with Gasteiger partial charge >= 0.3 is 5.97 Å². The molecule has 0 radical (unpaired) electrons. The molecule has 0 amide bonds. The highest BCUT2D eigenvalue weighted by Crippen LogP contribution is 2.39. The maximum atomic E-state index is 13.8. The van der Waals surface area contributed by atoms with Gasteiger partial charge in [-0.15, -0.1) is 11.3 Å². The number of thiophene rings is 1. The van der Waals surface area contributed by atoms with Gasteiger partial charge in [0.15, 0.2) is 0 Å². The van der Waals surface area contributed by atoms with Crippen LogP contribution in [0, 0.1) is 18.3 Å². The van der Waals surface area contributed by atoms with Crippen molar-refractivity contribution < 1.29 is 23.1 Å². The van der Waals surface area contributed by atoms with Gasteiger partial charge in [0.1, 0.15) is 29.1 Å². The number of benzene rings is 3. The summed E-state index contributed by atoms with van der Waals surface area (Å²) in [5.41, 5.74) is 1.77. The van der Waals surface area contributed by atoms with E-state index < -0.39 is 21.6 Å². The number of pyridine rings is 1. The van der Waals surface area contributed by atoms with E-state index in [0.29, 0.717) is 37.9 Å². The molecule has 0 aliphatic heterocycles. The molecule has 0 fully saturated rings. The lowest BCUT2D eigenvalue weighted by molar-refractivity contribution is 0.0699. The summed E-state index contributed by atoms with van der Waals surface area (Å²) in [7, 11) is -4.16. The molecule has 3 heterocycles. The zero-order valence-corrected chi connectivity index (χ0v) is 27.0. The number of aryl methyl sites for hydroxylation is 1. The van der Waals surface area contributed by atoms with Crippen molar-refractivity contribution in [1.29, 1.82) is 5.26 Å². The number of carboxylic acids is 1. The number of aromatic nitrogens is 3. The lowest BCUT2D eigenvalue weighted by Gasteiger charge is -2.16. The molecule has 0 aliphatic rings. The lowest BCUT2D eigenvalue weighted by Crippen LogP contribution is -2.28. The molecule has 14 heteroatoms. The van der Waals surface area contributed by atoms with Crippen LogP contribution in [-0.4, -0.2) is 40.6 Å². The summed E-state index contributed by atoms with van der Waals surface area (Å²) in [6.07, 6.45) is 1.52. The Labute approximate surface area is 277 Å². The second kappa shape index (κ2) is 12.9.